The van der Waals surface area contributed by atoms with Crippen molar-refractivity contribution >= 4 is 33.2 Å². The van der Waals surface area contributed by atoms with Crippen LogP contribution in [0.3, 0.4) is 0 Å². The van der Waals surface area contributed by atoms with Crippen LogP contribution in [0.15, 0.2) is 47.4 Å². The molecule has 0 saturated carbocycles. The van der Waals surface area contributed by atoms with E-state index in [0.29, 0.717) is 69.5 Å². The van der Waals surface area contributed by atoms with E-state index in [1.54, 1.807) is 23.1 Å². The van der Waals surface area contributed by atoms with Crippen molar-refractivity contribution in [3.63, 3.8) is 0 Å². The first kappa shape index (κ1) is 23.0. The highest BCUT2D eigenvalue weighted by atomic mass is 35.5. The normalized spacial score (nSPS) is 18.1. The fourth-order valence-electron chi connectivity index (χ4n) is 4.17. The Labute approximate surface area is 194 Å². The lowest BCUT2D eigenvalue weighted by Gasteiger charge is -2.36. The number of sulfonamides is 1. The summed E-state index contributed by atoms with van der Waals surface area (Å²) >= 11 is 6.10. The van der Waals surface area contributed by atoms with Crippen LogP contribution in [0.5, 0.6) is 0 Å². The van der Waals surface area contributed by atoms with Crippen molar-refractivity contribution in [2.75, 3.05) is 57.4 Å². The number of rotatable bonds is 5. The van der Waals surface area contributed by atoms with Crippen LogP contribution in [0.1, 0.15) is 22.8 Å². The predicted molar refractivity (Wildman–Crippen MR) is 125 cm³/mol. The Morgan fingerprint density at radius 1 is 1.00 bits per heavy atom. The summed E-state index contributed by atoms with van der Waals surface area (Å²) in [5.74, 6) is -0.142. The number of carbonyl (C=O) groups excluding carboxylic acids is 1. The SMILES string of the molecule is CCc1ccc(C(=O)N2CCN(c3cccc(Cl)c3)CC2)cc1S(=O)(=O)N1CCOCC1. The maximum atomic E-state index is 13.3. The Balaban J connectivity index is 1.51. The second kappa shape index (κ2) is 9.79. The monoisotopic (exact) mass is 477 g/mol. The van der Waals surface area contributed by atoms with Crippen LogP contribution >= 0.6 is 11.6 Å². The Hall–Kier alpha value is -2.13. The lowest BCUT2D eigenvalue weighted by Crippen LogP contribution is -2.48. The predicted octanol–water partition coefficient (Wildman–Crippen LogP) is 2.89. The van der Waals surface area contributed by atoms with Gasteiger partial charge < -0.3 is 14.5 Å². The molecule has 32 heavy (non-hydrogen) atoms. The minimum absolute atomic E-state index is 0.142. The van der Waals surface area contributed by atoms with Crippen LogP contribution < -0.4 is 4.90 Å². The summed E-state index contributed by atoms with van der Waals surface area (Å²) in [7, 11) is -3.68. The lowest BCUT2D eigenvalue weighted by molar-refractivity contribution is 0.0729. The molecule has 0 aliphatic carbocycles. The molecule has 0 bridgehead atoms. The molecule has 2 aromatic rings. The minimum Gasteiger partial charge on any atom is -0.379 e. The van der Waals surface area contributed by atoms with E-state index < -0.39 is 10.0 Å². The van der Waals surface area contributed by atoms with Gasteiger partial charge in [0.05, 0.1) is 18.1 Å². The molecular weight excluding hydrogens is 450 g/mol. The maximum Gasteiger partial charge on any atom is 0.254 e. The summed E-state index contributed by atoms with van der Waals surface area (Å²) in [6.45, 7) is 5.86. The Morgan fingerprint density at radius 3 is 2.38 bits per heavy atom. The van der Waals surface area contributed by atoms with Crippen LogP contribution in [-0.4, -0.2) is 76.0 Å². The van der Waals surface area contributed by atoms with E-state index in [2.05, 4.69) is 4.90 Å². The van der Waals surface area contributed by atoms with Gasteiger partial charge in [-0.3, -0.25) is 4.79 Å². The number of amides is 1. The van der Waals surface area contributed by atoms with Gasteiger partial charge in [-0.25, -0.2) is 8.42 Å². The molecule has 2 heterocycles. The number of hydrogen-bond acceptors (Lipinski definition) is 5. The average Bonchev–Trinajstić information content (AvgIpc) is 2.84. The summed E-state index contributed by atoms with van der Waals surface area (Å²) in [6, 6.07) is 12.7. The fraction of sp³-hybridized carbons (Fsp3) is 0.435. The van der Waals surface area contributed by atoms with Crippen molar-refractivity contribution in [2.45, 2.75) is 18.2 Å². The highest BCUT2D eigenvalue weighted by molar-refractivity contribution is 7.89. The van der Waals surface area contributed by atoms with Gasteiger partial charge in [-0.15, -0.1) is 0 Å². The molecule has 1 amide bonds. The van der Waals surface area contributed by atoms with E-state index in [4.69, 9.17) is 16.3 Å². The number of anilines is 1. The molecule has 0 aromatic heterocycles. The van der Waals surface area contributed by atoms with Gasteiger partial charge in [0.1, 0.15) is 0 Å². The molecule has 4 rings (SSSR count). The summed E-state index contributed by atoms with van der Waals surface area (Å²) in [5, 5.41) is 0.686. The maximum absolute atomic E-state index is 13.3. The minimum atomic E-state index is -3.68. The third-order valence-electron chi connectivity index (χ3n) is 6.02. The molecule has 2 aliphatic heterocycles. The summed E-state index contributed by atoms with van der Waals surface area (Å²) < 4.78 is 33.3. The number of ether oxygens (including phenoxy) is 1. The molecule has 172 valence electrons. The molecular formula is C23H28ClN3O4S. The van der Waals surface area contributed by atoms with E-state index in [1.165, 1.54) is 4.31 Å². The third-order valence-corrected chi connectivity index (χ3v) is 8.24. The first-order chi connectivity index (χ1) is 15.4. The van der Waals surface area contributed by atoms with E-state index in [0.717, 1.165) is 11.3 Å². The molecule has 7 nitrogen and oxygen atoms in total. The lowest BCUT2D eigenvalue weighted by atomic mass is 10.1. The summed E-state index contributed by atoms with van der Waals surface area (Å²) in [5.41, 5.74) is 2.17. The van der Waals surface area contributed by atoms with Crippen molar-refractivity contribution in [1.82, 2.24) is 9.21 Å². The molecule has 0 N–H and O–H groups in total. The molecule has 9 heteroatoms. The zero-order valence-corrected chi connectivity index (χ0v) is 19.7. The molecule has 0 radical (unpaired) electrons. The van der Waals surface area contributed by atoms with E-state index >= 15 is 0 Å². The number of hydrogen-bond donors (Lipinski definition) is 0. The number of aryl methyl sites for hydroxylation is 1. The number of benzene rings is 2. The fourth-order valence-corrected chi connectivity index (χ4v) is 6.08. The van der Waals surface area contributed by atoms with E-state index in [-0.39, 0.29) is 10.8 Å². The van der Waals surface area contributed by atoms with Gasteiger partial charge in [0.2, 0.25) is 10.0 Å². The second-order valence-corrected chi connectivity index (χ2v) is 10.3. The molecule has 2 fully saturated rings. The average molecular weight is 478 g/mol. The first-order valence-electron chi connectivity index (χ1n) is 10.9. The van der Waals surface area contributed by atoms with Crippen molar-refractivity contribution < 1.29 is 17.9 Å². The summed E-state index contributed by atoms with van der Waals surface area (Å²) in [6.07, 6.45) is 0.575. The van der Waals surface area contributed by atoms with Crippen LogP contribution in [0.25, 0.3) is 0 Å². The number of piperazine rings is 1. The van der Waals surface area contributed by atoms with Crippen molar-refractivity contribution in [3.05, 3.63) is 58.6 Å². The van der Waals surface area contributed by atoms with Crippen LogP contribution in [0.2, 0.25) is 5.02 Å². The van der Waals surface area contributed by atoms with Gasteiger partial charge in [-0.2, -0.15) is 4.31 Å². The summed E-state index contributed by atoms with van der Waals surface area (Å²) in [4.78, 5) is 17.4. The zero-order valence-electron chi connectivity index (χ0n) is 18.2. The molecule has 0 spiro atoms. The topological polar surface area (TPSA) is 70.2 Å². The number of morpholine rings is 1. The first-order valence-corrected chi connectivity index (χ1v) is 12.7. The second-order valence-electron chi connectivity index (χ2n) is 7.95. The van der Waals surface area contributed by atoms with Crippen molar-refractivity contribution in [3.8, 4) is 0 Å². The molecule has 2 saturated heterocycles. The van der Waals surface area contributed by atoms with Crippen LogP contribution in [0.4, 0.5) is 5.69 Å². The van der Waals surface area contributed by atoms with E-state index in [9.17, 15) is 13.2 Å². The van der Waals surface area contributed by atoms with Crippen molar-refractivity contribution in [1.29, 1.82) is 0 Å². The Bertz CT molecular complexity index is 1080. The van der Waals surface area contributed by atoms with Crippen molar-refractivity contribution in [2.24, 2.45) is 0 Å². The number of nitrogens with zero attached hydrogens (tertiary/aromatic N) is 3. The van der Waals surface area contributed by atoms with E-state index in [1.807, 2.05) is 31.2 Å². The van der Waals surface area contributed by atoms with Crippen LogP contribution in [0, 0.1) is 0 Å². The highest BCUT2D eigenvalue weighted by Crippen LogP contribution is 2.25. The molecule has 2 aliphatic rings. The molecule has 0 unspecified atom stereocenters. The van der Waals surface area contributed by atoms with Gasteiger partial charge in [0.25, 0.3) is 5.91 Å². The quantitative estimate of drug-likeness (QED) is 0.662. The van der Waals surface area contributed by atoms with Crippen LogP contribution in [-0.2, 0) is 21.2 Å². The number of halogens is 1. The van der Waals surface area contributed by atoms with Gasteiger partial charge in [0.15, 0.2) is 0 Å². The smallest absolute Gasteiger partial charge is 0.254 e. The van der Waals surface area contributed by atoms with Gasteiger partial charge in [-0.1, -0.05) is 30.7 Å². The van der Waals surface area contributed by atoms with Gasteiger partial charge in [-0.05, 0) is 42.3 Å². The highest BCUT2D eigenvalue weighted by Gasteiger charge is 2.30. The Kier molecular flexibility index (Phi) is 7.05. The Morgan fingerprint density at radius 2 is 1.72 bits per heavy atom. The van der Waals surface area contributed by atoms with Gasteiger partial charge in [0, 0.05) is 55.5 Å². The molecule has 2 aromatic carbocycles. The number of carbonyl (C=O) groups is 1. The standard InChI is InChI=1S/C23H28ClN3O4S/c1-2-18-6-7-19(16-22(18)32(29,30)27-12-14-31-15-13-27)23(28)26-10-8-25(9-11-26)21-5-3-4-20(24)17-21/h3-7,16-17H,2,8-15H2,1H3. The largest absolute Gasteiger partial charge is 0.379 e. The third kappa shape index (κ3) is 4.78. The molecule has 0 atom stereocenters. The van der Waals surface area contributed by atoms with Gasteiger partial charge >= 0.3 is 0 Å². The zero-order chi connectivity index (χ0) is 22.7.